The number of hydrogen-bond acceptors (Lipinski definition) is 4. The van der Waals surface area contributed by atoms with Crippen LogP contribution in [0.3, 0.4) is 0 Å². The fourth-order valence-electron chi connectivity index (χ4n) is 2.45. The van der Waals surface area contributed by atoms with Gasteiger partial charge in [-0.05, 0) is 34.0 Å². The highest BCUT2D eigenvalue weighted by Gasteiger charge is 2.17. The van der Waals surface area contributed by atoms with Gasteiger partial charge < -0.3 is 15.0 Å². The number of hydrogen-bond donors (Lipinski definition) is 1. The Balaban J connectivity index is 2.25. The van der Waals surface area contributed by atoms with E-state index in [1.54, 1.807) is 0 Å². The van der Waals surface area contributed by atoms with Crippen LogP contribution in [0.1, 0.15) is 20.3 Å². The summed E-state index contributed by atoms with van der Waals surface area (Å²) in [6.07, 6.45) is 1.54. The highest BCUT2D eigenvalue weighted by Crippen LogP contribution is 2.06. The minimum Gasteiger partial charge on any atom is -0.376 e. The normalized spacial score (nSPS) is 23.3. The third kappa shape index (κ3) is 5.82. The van der Waals surface area contributed by atoms with Crippen LogP contribution in [0.15, 0.2) is 0 Å². The summed E-state index contributed by atoms with van der Waals surface area (Å²) in [7, 11) is 4.27. The molecule has 0 aromatic carbocycles. The molecule has 2 atom stereocenters. The summed E-state index contributed by atoms with van der Waals surface area (Å²) in [5.41, 5.74) is 0. The molecule has 1 aliphatic rings. The summed E-state index contributed by atoms with van der Waals surface area (Å²) >= 11 is 0. The predicted molar refractivity (Wildman–Crippen MR) is 72.5 cm³/mol. The van der Waals surface area contributed by atoms with Crippen LogP contribution in [0.4, 0.5) is 0 Å². The van der Waals surface area contributed by atoms with E-state index < -0.39 is 0 Å². The number of likely N-dealkylation sites (N-methyl/N-ethyl adjacent to an activating group) is 2. The van der Waals surface area contributed by atoms with Crippen LogP contribution in [0.5, 0.6) is 0 Å². The highest BCUT2D eigenvalue weighted by molar-refractivity contribution is 4.73. The maximum Gasteiger partial charge on any atom is 0.0712 e. The first kappa shape index (κ1) is 14.9. The second-order valence-electron chi connectivity index (χ2n) is 5.23. The lowest BCUT2D eigenvalue weighted by Gasteiger charge is -2.32. The molecular formula is C13H29N3O. The Bertz CT molecular complexity index is 193. The van der Waals surface area contributed by atoms with Gasteiger partial charge in [0.25, 0.3) is 0 Å². The molecule has 0 saturated carbocycles. The summed E-state index contributed by atoms with van der Waals surface area (Å²) in [4.78, 5) is 4.80. The van der Waals surface area contributed by atoms with E-state index in [1.165, 1.54) is 0 Å². The number of ether oxygens (including phenoxy) is 1. The molecule has 1 fully saturated rings. The van der Waals surface area contributed by atoms with Gasteiger partial charge in [0.15, 0.2) is 0 Å². The molecule has 1 heterocycles. The molecule has 4 heteroatoms. The molecule has 102 valence electrons. The standard InChI is InChI=1S/C13H29N3O/c1-5-16(12(2)11-15(3)4)8-6-13-10-14-7-9-17-13/h12-14H,5-11H2,1-4H3. The molecular weight excluding hydrogens is 214 g/mol. The van der Waals surface area contributed by atoms with E-state index in [0.29, 0.717) is 12.1 Å². The third-order valence-corrected chi connectivity index (χ3v) is 3.40. The summed E-state index contributed by atoms with van der Waals surface area (Å²) < 4.78 is 5.73. The average molecular weight is 243 g/mol. The Hall–Kier alpha value is -0.160. The van der Waals surface area contributed by atoms with Gasteiger partial charge >= 0.3 is 0 Å². The van der Waals surface area contributed by atoms with E-state index in [0.717, 1.165) is 45.8 Å². The number of nitrogens with one attached hydrogen (secondary N) is 1. The van der Waals surface area contributed by atoms with Crippen LogP contribution in [0.25, 0.3) is 0 Å². The molecule has 0 aromatic heterocycles. The quantitative estimate of drug-likeness (QED) is 0.710. The van der Waals surface area contributed by atoms with Crippen molar-refractivity contribution in [2.75, 3.05) is 53.4 Å². The second kappa shape index (κ2) is 8.03. The third-order valence-electron chi connectivity index (χ3n) is 3.40. The van der Waals surface area contributed by atoms with E-state index >= 15 is 0 Å². The van der Waals surface area contributed by atoms with Crippen LogP contribution in [0, 0.1) is 0 Å². The Labute approximate surface area is 106 Å². The van der Waals surface area contributed by atoms with Crippen LogP contribution in [-0.4, -0.2) is 75.4 Å². The molecule has 1 saturated heterocycles. The first-order valence-electron chi connectivity index (χ1n) is 6.84. The zero-order valence-corrected chi connectivity index (χ0v) is 11.9. The van der Waals surface area contributed by atoms with E-state index in [4.69, 9.17) is 4.74 Å². The van der Waals surface area contributed by atoms with Crippen molar-refractivity contribution in [1.82, 2.24) is 15.1 Å². The first-order chi connectivity index (χ1) is 8.13. The van der Waals surface area contributed by atoms with Crippen molar-refractivity contribution in [2.45, 2.75) is 32.4 Å². The predicted octanol–water partition coefficient (Wildman–Crippen LogP) is 0.637. The van der Waals surface area contributed by atoms with Crippen molar-refractivity contribution in [1.29, 1.82) is 0 Å². The molecule has 0 aromatic rings. The topological polar surface area (TPSA) is 27.7 Å². The largest absolute Gasteiger partial charge is 0.376 e. The minimum atomic E-state index is 0.407. The molecule has 0 amide bonds. The maximum absolute atomic E-state index is 5.73. The zero-order valence-electron chi connectivity index (χ0n) is 11.9. The van der Waals surface area contributed by atoms with Gasteiger partial charge in [-0.3, -0.25) is 4.90 Å². The lowest BCUT2D eigenvalue weighted by Crippen LogP contribution is -2.44. The summed E-state index contributed by atoms with van der Waals surface area (Å²) in [5.74, 6) is 0. The number of rotatable bonds is 7. The SMILES string of the molecule is CCN(CCC1CNCCO1)C(C)CN(C)C. The van der Waals surface area contributed by atoms with Crippen molar-refractivity contribution >= 4 is 0 Å². The van der Waals surface area contributed by atoms with Crippen molar-refractivity contribution in [3.63, 3.8) is 0 Å². The first-order valence-corrected chi connectivity index (χ1v) is 6.84. The van der Waals surface area contributed by atoms with Gasteiger partial charge in [-0.25, -0.2) is 0 Å². The lowest BCUT2D eigenvalue weighted by molar-refractivity contribution is 0.0146. The monoisotopic (exact) mass is 243 g/mol. The zero-order chi connectivity index (χ0) is 12.7. The molecule has 1 aliphatic heterocycles. The molecule has 1 N–H and O–H groups in total. The molecule has 17 heavy (non-hydrogen) atoms. The van der Waals surface area contributed by atoms with Crippen molar-refractivity contribution in [3.8, 4) is 0 Å². The van der Waals surface area contributed by atoms with E-state index in [-0.39, 0.29) is 0 Å². The average Bonchev–Trinajstić information content (AvgIpc) is 2.30. The maximum atomic E-state index is 5.73. The van der Waals surface area contributed by atoms with E-state index in [2.05, 4.69) is 43.1 Å². The van der Waals surface area contributed by atoms with Gasteiger partial charge in [0.2, 0.25) is 0 Å². The molecule has 0 bridgehead atoms. The molecule has 2 unspecified atom stereocenters. The minimum absolute atomic E-state index is 0.407. The molecule has 4 nitrogen and oxygen atoms in total. The molecule has 0 spiro atoms. The molecule has 0 aliphatic carbocycles. The second-order valence-corrected chi connectivity index (χ2v) is 5.23. The van der Waals surface area contributed by atoms with Gasteiger partial charge in [0.05, 0.1) is 12.7 Å². The summed E-state index contributed by atoms with van der Waals surface area (Å²) in [5, 5.41) is 3.39. The fraction of sp³-hybridized carbons (Fsp3) is 1.00. The highest BCUT2D eigenvalue weighted by atomic mass is 16.5. The molecule has 1 rings (SSSR count). The van der Waals surface area contributed by atoms with Crippen LogP contribution in [0.2, 0.25) is 0 Å². The van der Waals surface area contributed by atoms with Gasteiger partial charge in [0, 0.05) is 32.2 Å². The summed E-state index contributed by atoms with van der Waals surface area (Å²) in [6.45, 7) is 10.8. The van der Waals surface area contributed by atoms with Crippen LogP contribution < -0.4 is 5.32 Å². The smallest absolute Gasteiger partial charge is 0.0712 e. The Morgan fingerprint density at radius 3 is 2.71 bits per heavy atom. The van der Waals surface area contributed by atoms with Gasteiger partial charge in [0.1, 0.15) is 0 Å². The Morgan fingerprint density at radius 1 is 1.41 bits per heavy atom. The van der Waals surface area contributed by atoms with Gasteiger partial charge in [-0.15, -0.1) is 0 Å². The van der Waals surface area contributed by atoms with Crippen LogP contribution in [-0.2, 0) is 4.74 Å². The van der Waals surface area contributed by atoms with Crippen molar-refractivity contribution in [2.24, 2.45) is 0 Å². The van der Waals surface area contributed by atoms with Crippen molar-refractivity contribution < 1.29 is 4.74 Å². The fourth-order valence-corrected chi connectivity index (χ4v) is 2.45. The van der Waals surface area contributed by atoms with E-state index in [1.807, 2.05) is 0 Å². The van der Waals surface area contributed by atoms with Gasteiger partial charge in [-0.1, -0.05) is 6.92 Å². The van der Waals surface area contributed by atoms with Gasteiger partial charge in [-0.2, -0.15) is 0 Å². The number of morpholine rings is 1. The number of nitrogens with zero attached hydrogens (tertiary/aromatic N) is 2. The van der Waals surface area contributed by atoms with Crippen LogP contribution >= 0.6 is 0 Å². The Kier molecular flexibility index (Phi) is 7.04. The van der Waals surface area contributed by atoms with Crippen molar-refractivity contribution in [3.05, 3.63) is 0 Å². The summed E-state index contributed by atoms with van der Waals surface area (Å²) in [6, 6.07) is 0.617. The van der Waals surface area contributed by atoms with E-state index in [9.17, 15) is 0 Å². The molecule has 0 radical (unpaired) electrons. The lowest BCUT2D eigenvalue weighted by atomic mass is 10.2. The Morgan fingerprint density at radius 2 is 2.18 bits per heavy atom.